The summed E-state index contributed by atoms with van der Waals surface area (Å²) >= 11 is 1.47. The molecule has 1 amide bonds. The van der Waals surface area contributed by atoms with E-state index in [1.54, 1.807) is 12.4 Å². The monoisotopic (exact) mass is 343 g/mol. The van der Waals surface area contributed by atoms with E-state index in [0.29, 0.717) is 17.7 Å². The van der Waals surface area contributed by atoms with Crippen molar-refractivity contribution in [1.29, 1.82) is 0 Å². The van der Waals surface area contributed by atoms with Crippen LogP contribution in [0.5, 0.6) is 0 Å². The summed E-state index contributed by atoms with van der Waals surface area (Å²) in [6.07, 6.45) is 8.30. The number of nitrogens with one attached hydrogen (secondary N) is 1. The van der Waals surface area contributed by atoms with Crippen LogP contribution >= 0.6 is 11.8 Å². The Morgan fingerprint density at radius 1 is 1.29 bits per heavy atom. The lowest BCUT2D eigenvalue weighted by Crippen LogP contribution is -2.35. The average molecular weight is 343 g/mol. The second-order valence-electron chi connectivity index (χ2n) is 6.63. The van der Waals surface area contributed by atoms with Gasteiger partial charge in [0.05, 0.1) is 5.75 Å². The second-order valence-corrected chi connectivity index (χ2v) is 7.57. The number of pyridine rings is 1. The minimum Gasteiger partial charge on any atom is -0.353 e. The van der Waals surface area contributed by atoms with E-state index in [1.165, 1.54) is 24.6 Å². The van der Waals surface area contributed by atoms with Crippen LogP contribution in [0.25, 0.3) is 11.4 Å². The van der Waals surface area contributed by atoms with Gasteiger partial charge >= 0.3 is 0 Å². The van der Waals surface area contributed by atoms with Crippen LogP contribution in [-0.4, -0.2) is 37.5 Å². The molecule has 0 unspecified atom stereocenters. The molecule has 0 spiro atoms. The Bertz CT molecular complexity index is 724. The molecule has 2 aliphatic carbocycles. The molecule has 24 heavy (non-hydrogen) atoms. The average Bonchev–Trinajstić information content (AvgIpc) is 3.51. The van der Waals surface area contributed by atoms with Gasteiger partial charge < -0.3 is 5.32 Å². The predicted molar refractivity (Wildman–Crippen MR) is 92.6 cm³/mol. The first-order chi connectivity index (χ1) is 11.7. The molecule has 4 rings (SSSR count). The Morgan fingerprint density at radius 3 is 2.71 bits per heavy atom. The van der Waals surface area contributed by atoms with Gasteiger partial charge in [0, 0.05) is 30.0 Å². The molecule has 0 radical (unpaired) electrons. The number of thioether (sulfide) groups is 1. The van der Waals surface area contributed by atoms with E-state index in [1.807, 2.05) is 12.1 Å². The summed E-state index contributed by atoms with van der Waals surface area (Å²) in [5.41, 5.74) is 1.02. The van der Waals surface area contributed by atoms with E-state index in [2.05, 4.69) is 32.0 Å². The molecule has 1 atom stereocenters. The lowest BCUT2D eigenvalue weighted by atomic mass is 10.2. The van der Waals surface area contributed by atoms with E-state index in [4.69, 9.17) is 0 Å². The van der Waals surface area contributed by atoms with Gasteiger partial charge in [-0.05, 0) is 50.7 Å². The summed E-state index contributed by atoms with van der Waals surface area (Å²) in [7, 11) is 0. The third-order valence-corrected chi connectivity index (χ3v) is 5.51. The van der Waals surface area contributed by atoms with Crippen LogP contribution in [0.1, 0.15) is 38.6 Å². The lowest BCUT2D eigenvalue weighted by molar-refractivity contribution is -0.119. The molecule has 0 bridgehead atoms. The Morgan fingerprint density at radius 2 is 2.04 bits per heavy atom. The van der Waals surface area contributed by atoms with Crippen molar-refractivity contribution in [1.82, 2.24) is 25.1 Å². The maximum Gasteiger partial charge on any atom is 0.230 e. The Labute approximate surface area is 145 Å². The molecular weight excluding hydrogens is 322 g/mol. The van der Waals surface area contributed by atoms with Crippen molar-refractivity contribution < 1.29 is 4.79 Å². The highest BCUT2D eigenvalue weighted by atomic mass is 32.2. The van der Waals surface area contributed by atoms with E-state index >= 15 is 0 Å². The van der Waals surface area contributed by atoms with Gasteiger partial charge in [-0.2, -0.15) is 0 Å². The number of carbonyl (C=O) groups is 1. The van der Waals surface area contributed by atoms with Gasteiger partial charge in [-0.3, -0.25) is 14.3 Å². The number of nitrogens with zero attached hydrogens (tertiary/aromatic N) is 4. The summed E-state index contributed by atoms with van der Waals surface area (Å²) in [4.78, 5) is 16.2. The highest BCUT2D eigenvalue weighted by Crippen LogP contribution is 2.41. The third-order valence-electron chi connectivity index (χ3n) is 4.57. The van der Waals surface area contributed by atoms with Gasteiger partial charge in [-0.25, -0.2) is 0 Å². The number of hydrogen-bond donors (Lipinski definition) is 1. The maximum atomic E-state index is 12.1. The van der Waals surface area contributed by atoms with Gasteiger partial charge in [-0.1, -0.05) is 11.8 Å². The molecule has 2 saturated carbocycles. The summed E-state index contributed by atoms with van der Waals surface area (Å²) in [6, 6.07) is 4.63. The molecule has 126 valence electrons. The predicted octanol–water partition coefficient (Wildman–Crippen LogP) is 2.68. The molecule has 2 aromatic rings. The van der Waals surface area contributed by atoms with Crippen LogP contribution in [0.4, 0.5) is 0 Å². The number of hydrogen-bond acceptors (Lipinski definition) is 5. The quantitative estimate of drug-likeness (QED) is 0.783. The van der Waals surface area contributed by atoms with Gasteiger partial charge in [0.25, 0.3) is 0 Å². The minimum atomic E-state index is 0.0789. The third kappa shape index (κ3) is 3.45. The minimum absolute atomic E-state index is 0.0789. The van der Waals surface area contributed by atoms with Gasteiger partial charge in [0.1, 0.15) is 0 Å². The molecule has 0 aromatic carbocycles. The highest BCUT2D eigenvalue weighted by molar-refractivity contribution is 7.99. The van der Waals surface area contributed by atoms with Gasteiger partial charge in [-0.15, -0.1) is 10.2 Å². The SMILES string of the molecule is C[C@H](NC(=O)CSc1nnc(-c2ccncc2)n1C1CC1)C1CC1. The van der Waals surface area contributed by atoms with Crippen molar-refractivity contribution in [3.63, 3.8) is 0 Å². The van der Waals surface area contributed by atoms with Crippen molar-refractivity contribution in [3.05, 3.63) is 24.5 Å². The Balaban J connectivity index is 1.45. The zero-order chi connectivity index (χ0) is 16.5. The van der Waals surface area contributed by atoms with E-state index in [0.717, 1.165) is 29.4 Å². The van der Waals surface area contributed by atoms with Crippen LogP contribution in [0, 0.1) is 5.92 Å². The topological polar surface area (TPSA) is 72.7 Å². The van der Waals surface area contributed by atoms with Crippen LogP contribution in [0.15, 0.2) is 29.7 Å². The van der Waals surface area contributed by atoms with Crippen LogP contribution in [0.3, 0.4) is 0 Å². The highest BCUT2D eigenvalue weighted by Gasteiger charge is 2.31. The fraction of sp³-hybridized carbons (Fsp3) is 0.529. The fourth-order valence-electron chi connectivity index (χ4n) is 2.87. The number of amides is 1. The van der Waals surface area contributed by atoms with Crippen molar-refractivity contribution >= 4 is 17.7 Å². The van der Waals surface area contributed by atoms with Crippen molar-refractivity contribution in [2.75, 3.05) is 5.75 Å². The van der Waals surface area contributed by atoms with E-state index in [9.17, 15) is 4.79 Å². The standard InChI is InChI=1S/C17H21N5OS/c1-11(12-2-3-12)19-15(23)10-24-17-21-20-16(22(17)14-4-5-14)13-6-8-18-9-7-13/h6-9,11-12,14H,2-5,10H2,1H3,(H,19,23)/t11-/m0/s1. The fourth-order valence-corrected chi connectivity index (χ4v) is 3.69. The second kappa shape index (κ2) is 6.55. The largest absolute Gasteiger partial charge is 0.353 e. The molecule has 2 aromatic heterocycles. The van der Waals surface area contributed by atoms with Crippen molar-refractivity contribution in [2.24, 2.45) is 5.92 Å². The van der Waals surface area contributed by atoms with E-state index in [-0.39, 0.29) is 11.9 Å². The molecule has 0 saturated heterocycles. The normalized spacial score (nSPS) is 18.4. The van der Waals surface area contributed by atoms with Crippen LogP contribution in [0.2, 0.25) is 0 Å². The zero-order valence-corrected chi connectivity index (χ0v) is 14.5. The Kier molecular flexibility index (Phi) is 4.26. The number of rotatable bonds is 7. The summed E-state index contributed by atoms with van der Waals surface area (Å²) in [6.45, 7) is 2.09. The maximum absolute atomic E-state index is 12.1. The summed E-state index contributed by atoms with van der Waals surface area (Å²) < 4.78 is 2.18. The van der Waals surface area contributed by atoms with Gasteiger partial charge in [0.15, 0.2) is 11.0 Å². The first kappa shape index (κ1) is 15.6. The lowest BCUT2D eigenvalue weighted by Gasteiger charge is -2.12. The molecule has 0 aliphatic heterocycles. The van der Waals surface area contributed by atoms with Crippen LogP contribution < -0.4 is 5.32 Å². The molecule has 2 heterocycles. The van der Waals surface area contributed by atoms with Crippen molar-refractivity contribution in [2.45, 2.75) is 49.8 Å². The molecule has 7 heteroatoms. The summed E-state index contributed by atoms with van der Waals surface area (Å²) in [5, 5.41) is 12.6. The van der Waals surface area contributed by atoms with Crippen LogP contribution in [-0.2, 0) is 4.79 Å². The molecule has 2 fully saturated rings. The van der Waals surface area contributed by atoms with Gasteiger partial charge in [0.2, 0.25) is 5.91 Å². The zero-order valence-electron chi connectivity index (χ0n) is 13.7. The number of aromatic nitrogens is 4. The van der Waals surface area contributed by atoms with E-state index < -0.39 is 0 Å². The first-order valence-corrected chi connectivity index (χ1v) is 9.48. The molecule has 6 nitrogen and oxygen atoms in total. The summed E-state index contributed by atoms with van der Waals surface area (Å²) in [5.74, 6) is 2.01. The first-order valence-electron chi connectivity index (χ1n) is 8.50. The molecular formula is C17H21N5OS. The molecule has 2 aliphatic rings. The number of carbonyl (C=O) groups excluding carboxylic acids is 1. The Hall–Kier alpha value is -1.89. The molecule has 1 N–H and O–H groups in total. The van der Waals surface area contributed by atoms with Crippen molar-refractivity contribution in [3.8, 4) is 11.4 Å². The smallest absolute Gasteiger partial charge is 0.230 e.